The molecule has 3 aliphatic rings. The van der Waals surface area contributed by atoms with E-state index >= 15 is 0 Å². The van der Waals surface area contributed by atoms with Gasteiger partial charge in [0.05, 0.1) is 11.7 Å². The van der Waals surface area contributed by atoms with Gasteiger partial charge in [0.15, 0.2) is 0 Å². The number of likely N-dealkylation sites (tertiary alicyclic amines) is 2. The van der Waals surface area contributed by atoms with Crippen LogP contribution in [0.1, 0.15) is 55.3 Å². The molecule has 1 aromatic carbocycles. The van der Waals surface area contributed by atoms with Gasteiger partial charge < -0.3 is 19.3 Å². The molecule has 3 fully saturated rings. The zero-order valence-corrected chi connectivity index (χ0v) is 17.2. The number of carbonyl (C=O) groups excluding carboxylic acids is 2. The Bertz CT molecular complexity index is 703. The fourth-order valence-corrected chi connectivity index (χ4v) is 4.60. The average molecular weight is 401 g/mol. The van der Waals surface area contributed by atoms with Gasteiger partial charge in [0.25, 0.3) is 5.91 Å². The van der Waals surface area contributed by atoms with Crippen LogP contribution in [0.25, 0.3) is 0 Å². The molecule has 4 rings (SSSR count). The lowest BCUT2D eigenvalue weighted by molar-refractivity contribution is -0.137. The average Bonchev–Trinajstić information content (AvgIpc) is 3.31. The fourth-order valence-electron chi connectivity index (χ4n) is 4.60. The molecule has 3 saturated heterocycles. The van der Waals surface area contributed by atoms with Crippen molar-refractivity contribution in [1.29, 1.82) is 0 Å². The van der Waals surface area contributed by atoms with Crippen LogP contribution in [0, 0.1) is 5.92 Å². The van der Waals surface area contributed by atoms with Crippen molar-refractivity contribution in [2.45, 2.75) is 51.0 Å². The minimum absolute atomic E-state index is 0.00295. The minimum Gasteiger partial charge on any atom is -0.490 e. The number of piperidine rings is 2. The van der Waals surface area contributed by atoms with Crippen LogP contribution in [0.4, 0.5) is 0 Å². The van der Waals surface area contributed by atoms with E-state index in [1.165, 1.54) is 6.42 Å². The number of hydrogen-bond donors (Lipinski definition) is 0. The van der Waals surface area contributed by atoms with Crippen molar-refractivity contribution >= 4 is 11.8 Å². The van der Waals surface area contributed by atoms with Crippen molar-refractivity contribution in [1.82, 2.24) is 9.80 Å². The quantitative estimate of drug-likeness (QED) is 0.762. The number of nitrogens with zero attached hydrogens (tertiary/aromatic N) is 2. The fraction of sp³-hybridized carbons (Fsp3) is 0.652. The lowest BCUT2D eigenvalue weighted by atomic mass is 9.94. The molecular formula is C23H32N2O4. The summed E-state index contributed by atoms with van der Waals surface area (Å²) in [5, 5.41) is 0. The van der Waals surface area contributed by atoms with E-state index < -0.39 is 0 Å². The number of para-hydroxylation sites is 1. The lowest BCUT2D eigenvalue weighted by Crippen LogP contribution is -2.45. The van der Waals surface area contributed by atoms with Gasteiger partial charge in [-0.2, -0.15) is 0 Å². The maximum atomic E-state index is 13.1. The molecule has 1 unspecified atom stereocenters. The molecule has 0 radical (unpaired) electrons. The Morgan fingerprint density at radius 1 is 0.931 bits per heavy atom. The van der Waals surface area contributed by atoms with E-state index in [9.17, 15) is 9.59 Å². The normalized spacial score (nSPS) is 23.2. The Hall–Kier alpha value is -2.08. The zero-order valence-electron chi connectivity index (χ0n) is 17.2. The Morgan fingerprint density at radius 3 is 2.41 bits per heavy atom. The summed E-state index contributed by atoms with van der Waals surface area (Å²) in [6, 6.07) is 7.46. The molecule has 1 aromatic rings. The van der Waals surface area contributed by atoms with Crippen molar-refractivity contribution < 1.29 is 19.1 Å². The maximum Gasteiger partial charge on any atom is 0.257 e. The van der Waals surface area contributed by atoms with Crippen LogP contribution >= 0.6 is 0 Å². The Labute approximate surface area is 173 Å². The number of ether oxygens (including phenoxy) is 2. The second-order valence-electron chi connectivity index (χ2n) is 8.39. The molecule has 2 amide bonds. The van der Waals surface area contributed by atoms with Crippen LogP contribution in [0.2, 0.25) is 0 Å². The largest absolute Gasteiger partial charge is 0.490 e. The third-order valence-corrected chi connectivity index (χ3v) is 6.37. The molecule has 0 aromatic heterocycles. The third kappa shape index (κ3) is 4.92. The zero-order chi connectivity index (χ0) is 20.1. The smallest absolute Gasteiger partial charge is 0.257 e. The van der Waals surface area contributed by atoms with Gasteiger partial charge in [0, 0.05) is 38.7 Å². The molecule has 0 N–H and O–H groups in total. The monoisotopic (exact) mass is 400 g/mol. The van der Waals surface area contributed by atoms with Crippen LogP contribution < -0.4 is 4.74 Å². The van der Waals surface area contributed by atoms with Gasteiger partial charge in [-0.05, 0) is 57.1 Å². The lowest BCUT2D eigenvalue weighted by Gasteiger charge is -2.35. The molecular weight excluding hydrogens is 368 g/mol. The number of rotatable bonds is 5. The highest BCUT2D eigenvalue weighted by atomic mass is 16.5. The third-order valence-electron chi connectivity index (χ3n) is 6.37. The summed E-state index contributed by atoms with van der Waals surface area (Å²) >= 11 is 0. The van der Waals surface area contributed by atoms with Gasteiger partial charge >= 0.3 is 0 Å². The van der Waals surface area contributed by atoms with E-state index in [1.807, 2.05) is 34.1 Å². The topological polar surface area (TPSA) is 59.1 Å². The molecule has 0 bridgehead atoms. The summed E-state index contributed by atoms with van der Waals surface area (Å²) < 4.78 is 11.6. The molecule has 3 heterocycles. The van der Waals surface area contributed by atoms with Gasteiger partial charge in [-0.3, -0.25) is 9.59 Å². The van der Waals surface area contributed by atoms with Crippen molar-refractivity contribution in [3.63, 3.8) is 0 Å². The highest BCUT2D eigenvalue weighted by Gasteiger charge is 2.31. The van der Waals surface area contributed by atoms with Crippen molar-refractivity contribution in [2.24, 2.45) is 5.92 Å². The van der Waals surface area contributed by atoms with Crippen molar-refractivity contribution in [3.8, 4) is 5.75 Å². The van der Waals surface area contributed by atoms with E-state index in [0.29, 0.717) is 31.0 Å². The number of carbonyl (C=O) groups is 2. The Kier molecular flexibility index (Phi) is 6.70. The van der Waals surface area contributed by atoms with Gasteiger partial charge in [-0.25, -0.2) is 0 Å². The number of hydrogen-bond acceptors (Lipinski definition) is 4. The van der Waals surface area contributed by atoms with Crippen LogP contribution in [-0.2, 0) is 9.53 Å². The van der Waals surface area contributed by atoms with Gasteiger partial charge in [0.1, 0.15) is 12.4 Å². The van der Waals surface area contributed by atoms with E-state index in [2.05, 4.69) is 0 Å². The summed E-state index contributed by atoms with van der Waals surface area (Å²) in [5.41, 5.74) is 0.603. The second kappa shape index (κ2) is 9.61. The first-order chi connectivity index (χ1) is 14.2. The number of benzene rings is 1. The van der Waals surface area contributed by atoms with Crippen LogP contribution in [-0.4, -0.2) is 67.1 Å². The molecule has 6 heteroatoms. The first-order valence-electron chi connectivity index (χ1n) is 11.1. The molecule has 3 aliphatic heterocycles. The summed E-state index contributed by atoms with van der Waals surface area (Å²) in [7, 11) is 0. The molecule has 29 heavy (non-hydrogen) atoms. The van der Waals surface area contributed by atoms with Crippen molar-refractivity contribution in [3.05, 3.63) is 29.8 Å². The van der Waals surface area contributed by atoms with Crippen molar-refractivity contribution in [2.75, 3.05) is 39.4 Å². The highest BCUT2D eigenvalue weighted by Crippen LogP contribution is 2.26. The van der Waals surface area contributed by atoms with Crippen LogP contribution in [0.3, 0.4) is 0 Å². The molecule has 1 atom stereocenters. The summed E-state index contributed by atoms with van der Waals surface area (Å²) in [4.78, 5) is 29.8. The molecule has 6 nitrogen and oxygen atoms in total. The van der Waals surface area contributed by atoms with E-state index in [4.69, 9.17) is 9.47 Å². The Balaban J connectivity index is 1.33. The van der Waals surface area contributed by atoms with Crippen LogP contribution in [0.15, 0.2) is 24.3 Å². The molecule has 0 saturated carbocycles. The van der Waals surface area contributed by atoms with Crippen LogP contribution in [0.5, 0.6) is 5.75 Å². The Morgan fingerprint density at radius 2 is 1.69 bits per heavy atom. The summed E-state index contributed by atoms with van der Waals surface area (Å²) in [6.07, 6.45) is 7.16. The highest BCUT2D eigenvalue weighted by molar-refractivity contribution is 5.97. The SMILES string of the molecule is O=C(c1ccccc1OCC1CCCO1)N1CCC(C(=O)N2CCCCC2)CC1. The molecule has 0 spiro atoms. The summed E-state index contributed by atoms with van der Waals surface area (Å²) in [5.74, 6) is 0.969. The molecule has 158 valence electrons. The first kappa shape index (κ1) is 20.2. The van der Waals surface area contributed by atoms with E-state index in [0.717, 1.165) is 58.2 Å². The van der Waals surface area contributed by atoms with E-state index in [-0.39, 0.29) is 23.8 Å². The molecule has 0 aliphatic carbocycles. The minimum atomic E-state index is -0.00295. The predicted molar refractivity (Wildman–Crippen MR) is 110 cm³/mol. The van der Waals surface area contributed by atoms with Gasteiger partial charge in [-0.1, -0.05) is 12.1 Å². The second-order valence-corrected chi connectivity index (χ2v) is 8.39. The maximum absolute atomic E-state index is 13.1. The predicted octanol–water partition coefficient (Wildman–Crippen LogP) is 3.11. The number of amides is 2. The first-order valence-corrected chi connectivity index (χ1v) is 11.1. The van der Waals surface area contributed by atoms with E-state index in [1.54, 1.807) is 0 Å². The van der Waals surface area contributed by atoms with Gasteiger partial charge in [-0.15, -0.1) is 0 Å². The standard InChI is InChI=1S/C23H32N2O4/c26-22(24-12-4-1-5-13-24)18-10-14-25(15-11-18)23(27)20-8-2-3-9-21(20)29-17-19-7-6-16-28-19/h2-3,8-9,18-19H,1,4-7,10-17H2. The summed E-state index contributed by atoms with van der Waals surface area (Å²) in [6.45, 7) is 4.32. The van der Waals surface area contributed by atoms with Gasteiger partial charge in [0.2, 0.25) is 5.91 Å².